The van der Waals surface area contributed by atoms with Gasteiger partial charge in [0.2, 0.25) is 0 Å². The smallest absolute Gasteiger partial charge is 0.252 e. The quantitative estimate of drug-likeness (QED) is 0.309. The number of carbonyl (C=O) groups excluding carboxylic acids is 1. The average molecular weight is 478 g/mol. The third-order valence-corrected chi connectivity index (χ3v) is 5.84. The lowest BCUT2D eigenvalue weighted by molar-refractivity contribution is 0.0504. The molecule has 0 aliphatic carbocycles. The number of pyridine rings is 1. The molecule has 180 valence electrons. The van der Waals surface area contributed by atoms with Crippen molar-refractivity contribution in [2.45, 2.75) is 25.0 Å². The predicted octanol–water partition coefficient (Wildman–Crippen LogP) is 3.67. The van der Waals surface area contributed by atoms with Crippen LogP contribution >= 0.6 is 0 Å². The van der Waals surface area contributed by atoms with Gasteiger partial charge in [0, 0.05) is 28.9 Å². The Morgan fingerprint density at radius 1 is 1.09 bits per heavy atom. The van der Waals surface area contributed by atoms with E-state index in [1.165, 1.54) is 30.3 Å². The van der Waals surface area contributed by atoms with Crippen molar-refractivity contribution in [1.82, 2.24) is 20.5 Å². The Labute approximate surface area is 200 Å². The van der Waals surface area contributed by atoms with E-state index in [0.29, 0.717) is 17.0 Å². The van der Waals surface area contributed by atoms with Gasteiger partial charge in [0.05, 0.1) is 35.7 Å². The molecule has 0 radical (unpaired) electrons. The van der Waals surface area contributed by atoms with Gasteiger partial charge in [0.15, 0.2) is 0 Å². The molecule has 9 heteroatoms. The summed E-state index contributed by atoms with van der Waals surface area (Å²) < 4.78 is 28.2. The molecule has 0 saturated carbocycles. The highest BCUT2D eigenvalue weighted by Crippen LogP contribution is 2.29. The Kier molecular flexibility index (Phi) is 7.28. The van der Waals surface area contributed by atoms with Gasteiger partial charge >= 0.3 is 0 Å². The number of hydrogen-bond donors (Lipinski definition) is 4. The molecule has 4 aromatic rings. The van der Waals surface area contributed by atoms with Gasteiger partial charge < -0.3 is 15.5 Å². The van der Waals surface area contributed by atoms with E-state index < -0.39 is 42.2 Å². The minimum absolute atomic E-state index is 0.00594. The third-order valence-electron chi connectivity index (χ3n) is 5.84. The molecule has 7 nitrogen and oxygen atoms in total. The molecule has 0 bridgehead atoms. The number of aromatic nitrogens is 3. The summed E-state index contributed by atoms with van der Waals surface area (Å²) >= 11 is 0. The number of hydrogen-bond acceptors (Lipinski definition) is 5. The SMILES string of the molecule is CC(c1ccccn1)[C@@H](NC(=O)c1cccc(F)c1-c1cc(-c2ccc(F)cc2)n[nH]1)[C@@H](O)CO. The average Bonchev–Trinajstić information content (AvgIpc) is 3.36. The monoisotopic (exact) mass is 478 g/mol. The molecular weight excluding hydrogens is 454 g/mol. The van der Waals surface area contributed by atoms with E-state index in [-0.39, 0.29) is 16.8 Å². The highest BCUT2D eigenvalue weighted by Gasteiger charge is 2.30. The van der Waals surface area contributed by atoms with Gasteiger partial charge in [0.1, 0.15) is 11.6 Å². The first kappa shape index (κ1) is 24.2. The zero-order valence-corrected chi connectivity index (χ0v) is 18.8. The standard InChI is InChI=1S/C26H24F2N4O3/c1-15(20-7-2-3-12-29-20)25(23(34)14-33)30-26(35)18-5-4-6-19(28)24(18)22-13-21(31-32-22)16-8-10-17(27)11-9-16/h2-13,15,23,25,33-34H,14H2,1H3,(H,30,35)(H,31,32)/t15?,23-,25+/m0/s1. The van der Waals surface area contributed by atoms with Crippen molar-refractivity contribution in [2.75, 3.05) is 6.61 Å². The van der Waals surface area contributed by atoms with Gasteiger partial charge in [-0.15, -0.1) is 0 Å². The zero-order chi connectivity index (χ0) is 24.9. The maximum Gasteiger partial charge on any atom is 0.252 e. The fraction of sp³-hybridized carbons (Fsp3) is 0.192. The van der Waals surface area contributed by atoms with E-state index in [1.54, 1.807) is 49.5 Å². The molecule has 2 aromatic carbocycles. The van der Waals surface area contributed by atoms with Crippen LogP contribution in [0.2, 0.25) is 0 Å². The Hall–Kier alpha value is -3.95. The van der Waals surface area contributed by atoms with Crippen LogP contribution in [0.1, 0.15) is 28.9 Å². The summed E-state index contributed by atoms with van der Waals surface area (Å²) in [5.41, 5.74) is 1.95. The minimum atomic E-state index is -1.27. The van der Waals surface area contributed by atoms with Crippen LogP contribution < -0.4 is 5.32 Å². The van der Waals surface area contributed by atoms with Crippen LogP contribution in [0.4, 0.5) is 8.78 Å². The first-order valence-electron chi connectivity index (χ1n) is 11.0. The van der Waals surface area contributed by atoms with Crippen molar-refractivity contribution in [2.24, 2.45) is 0 Å². The van der Waals surface area contributed by atoms with Crippen molar-refractivity contribution in [1.29, 1.82) is 0 Å². The van der Waals surface area contributed by atoms with Crippen LogP contribution in [-0.4, -0.2) is 50.1 Å². The molecule has 3 atom stereocenters. The number of rotatable bonds is 8. The Morgan fingerprint density at radius 2 is 1.86 bits per heavy atom. The summed E-state index contributed by atoms with van der Waals surface area (Å²) in [4.78, 5) is 17.6. The van der Waals surface area contributed by atoms with E-state index in [9.17, 15) is 23.8 Å². The molecular formula is C26H24F2N4O3. The summed E-state index contributed by atoms with van der Waals surface area (Å²) in [6, 6.07) is 15.7. The highest BCUT2D eigenvalue weighted by molar-refractivity contribution is 6.01. The van der Waals surface area contributed by atoms with Crippen molar-refractivity contribution in [3.63, 3.8) is 0 Å². The van der Waals surface area contributed by atoms with E-state index in [1.807, 2.05) is 0 Å². The number of aromatic amines is 1. The Morgan fingerprint density at radius 3 is 2.54 bits per heavy atom. The second kappa shape index (κ2) is 10.5. The summed E-state index contributed by atoms with van der Waals surface area (Å²) in [6.07, 6.45) is 0.322. The van der Waals surface area contributed by atoms with Crippen LogP contribution in [-0.2, 0) is 0 Å². The lowest BCUT2D eigenvalue weighted by Crippen LogP contribution is -2.48. The van der Waals surface area contributed by atoms with E-state index in [0.717, 1.165) is 0 Å². The van der Waals surface area contributed by atoms with Gasteiger partial charge in [0.25, 0.3) is 5.91 Å². The number of nitrogens with one attached hydrogen (secondary N) is 2. The number of H-pyrrole nitrogens is 1. The normalized spacial score (nSPS) is 13.7. The number of amides is 1. The first-order valence-corrected chi connectivity index (χ1v) is 11.0. The third kappa shape index (κ3) is 5.26. The molecule has 0 fully saturated rings. The molecule has 4 rings (SSSR count). The highest BCUT2D eigenvalue weighted by atomic mass is 19.1. The largest absolute Gasteiger partial charge is 0.394 e. The number of carbonyl (C=O) groups is 1. The maximum atomic E-state index is 15.0. The second-order valence-corrected chi connectivity index (χ2v) is 8.13. The predicted molar refractivity (Wildman–Crippen MR) is 126 cm³/mol. The van der Waals surface area contributed by atoms with Gasteiger partial charge in [-0.25, -0.2) is 8.78 Å². The molecule has 4 N–H and O–H groups in total. The molecule has 0 aliphatic heterocycles. The van der Waals surface area contributed by atoms with E-state index in [2.05, 4.69) is 20.5 Å². The topological polar surface area (TPSA) is 111 Å². The van der Waals surface area contributed by atoms with Crippen LogP contribution in [0.5, 0.6) is 0 Å². The van der Waals surface area contributed by atoms with Crippen molar-refractivity contribution in [3.05, 3.63) is 95.8 Å². The number of aliphatic hydroxyl groups is 2. The van der Waals surface area contributed by atoms with Crippen LogP contribution in [0.15, 0.2) is 72.9 Å². The molecule has 0 aliphatic rings. The fourth-order valence-electron chi connectivity index (χ4n) is 3.93. The molecule has 0 saturated heterocycles. The van der Waals surface area contributed by atoms with Crippen LogP contribution in [0.25, 0.3) is 22.5 Å². The van der Waals surface area contributed by atoms with Crippen molar-refractivity contribution in [3.8, 4) is 22.5 Å². The number of benzene rings is 2. The van der Waals surface area contributed by atoms with Gasteiger partial charge in [-0.1, -0.05) is 19.1 Å². The maximum absolute atomic E-state index is 15.0. The summed E-state index contributed by atoms with van der Waals surface area (Å²) in [7, 11) is 0. The molecule has 1 amide bonds. The van der Waals surface area contributed by atoms with Crippen molar-refractivity contribution >= 4 is 5.91 Å². The zero-order valence-electron chi connectivity index (χ0n) is 18.8. The van der Waals surface area contributed by atoms with Gasteiger partial charge in [-0.2, -0.15) is 5.10 Å². The Balaban J connectivity index is 1.66. The fourth-order valence-corrected chi connectivity index (χ4v) is 3.93. The minimum Gasteiger partial charge on any atom is -0.394 e. The van der Waals surface area contributed by atoms with Crippen molar-refractivity contribution < 1.29 is 23.8 Å². The molecule has 2 heterocycles. The van der Waals surface area contributed by atoms with Crippen LogP contribution in [0, 0.1) is 11.6 Å². The van der Waals surface area contributed by atoms with Gasteiger partial charge in [-0.05, 0) is 54.6 Å². The molecule has 2 aromatic heterocycles. The molecule has 0 spiro atoms. The number of halogens is 2. The van der Waals surface area contributed by atoms with Crippen LogP contribution in [0.3, 0.4) is 0 Å². The Bertz CT molecular complexity index is 1300. The molecule has 35 heavy (non-hydrogen) atoms. The summed E-state index contributed by atoms with van der Waals surface area (Å²) in [6.45, 7) is 1.18. The number of nitrogens with zero attached hydrogens (tertiary/aromatic N) is 2. The summed E-state index contributed by atoms with van der Waals surface area (Å²) in [5, 5.41) is 29.7. The first-order chi connectivity index (χ1) is 16.9. The van der Waals surface area contributed by atoms with E-state index in [4.69, 9.17) is 0 Å². The van der Waals surface area contributed by atoms with E-state index >= 15 is 0 Å². The lowest BCUT2D eigenvalue weighted by atomic mass is 9.92. The lowest BCUT2D eigenvalue weighted by Gasteiger charge is -2.28. The second-order valence-electron chi connectivity index (χ2n) is 8.13. The molecule has 1 unspecified atom stereocenters. The van der Waals surface area contributed by atoms with Gasteiger partial charge in [-0.3, -0.25) is 14.9 Å². The summed E-state index contributed by atoms with van der Waals surface area (Å²) in [5.74, 6) is -2.13. The number of aliphatic hydroxyl groups excluding tert-OH is 2.